The van der Waals surface area contributed by atoms with E-state index in [1.807, 2.05) is 6.20 Å². The standard InChI is InChI=1S/C17H20N4O2/c1-2-23-16(22)15-19-17-18-9-8-13-12-7-5-3-4-6-11(12)10-14(13)21(17)20-15/h8-9H,2-7,10H2,1H3,(H,18,19,20). The molecule has 0 spiro atoms. The molecular formula is C17H20N4O2. The zero-order valence-electron chi connectivity index (χ0n) is 13.3. The first-order valence-electron chi connectivity index (χ1n) is 8.30. The van der Waals surface area contributed by atoms with E-state index in [0.29, 0.717) is 12.6 Å². The number of carbonyl (C=O) groups is 1. The van der Waals surface area contributed by atoms with Gasteiger partial charge in [0, 0.05) is 18.2 Å². The van der Waals surface area contributed by atoms with Gasteiger partial charge in [-0.05, 0) is 44.3 Å². The van der Waals surface area contributed by atoms with E-state index < -0.39 is 5.97 Å². The molecular weight excluding hydrogens is 292 g/mol. The van der Waals surface area contributed by atoms with Crippen LogP contribution in [0.1, 0.15) is 56.1 Å². The normalized spacial score (nSPS) is 19.5. The molecule has 3 aliphatic rings. The van der Waals surface area contributed by atoms with Crippen LogP contribution in [-0.2, 0) is 4.74 Å². The van der Waals surface area contributed by atoms with E-state index in [1.165, 1.54) is 42.4 Å². The van der Waals surface area contributed by atoms with Crippen molar-refractivity contribution in [1.29, 1.82) is 0 Å². The summed E-state index contributed by atoms with van der Waals surface area (Å²) < 4.78 is 6.78. The van der Waals surface area contributed by atoms with Crippen molar-refractivity contribution in [3.05, 3.63) is 34.8 Å². The van der Waals surface area contributed by atoms with Gasteiger partial charge in [0.15, 0.2) is 0 Å². The minimum atomic E-state index is -0.478. The number of nitrogens with zero attached hydrogens (tertiary/aromatic N) is 3. The molecule has 0 atom stereocenters. The molecule has 6 heteroatoms. The Balaban J connectivity index is 1.73. The smallest absolute Gasteiger partial charge is 0.378 e. The maximum atomic E-state index is 11.9. The van der Waals surface area contributed by atoms with Crippen molar-refractivity contribution in [2.45, 2.75) is 45.4 Å². The third-order valence-electron chi connectivity index (χ3n) is 4.63. The van der Waals surface area contributed by atoms with Crippen molar-refractivity contribution < 1.29 is 9.53 Å². The van der Waals surface area contributed by atoms with Crippen molar-refractivity contribution >= 4 is 17.6 Å². The Labute approximate surface area is 134 Å². The molecule has 0 unspecified atom stereocenters. The number of ether oxygens (including phenoxy) is 1. The molecule has 1 aliphatic heterocycles. The van der Waals surface area contributed by atoms with E-state index in [-0.39, 0.29) is 5.82 Å². The maximum Gasteiger partial charge on any atom is 0.378 e. The topological polar surface area (TPSA) is 69.0 Å². The second kappa shape index (κ2) is 5.68. The van der Waals surface area contributed by atoms with Gasteiger partial charge in [0.25, 0.3) is 5.82 Å². The second-order valence-corrected chi connectivity index (χ2v) is 6.05. The molecule has 0 saturated carbocycles. The Morgan fingerprint density at radius 1 is 1.35 bits per heavy atom. The average molecular weight is 312 g/mol. The van der Waals surface area contributed by atoms with Gasteiger partial charge in [0.2, 0.25) is 5.95 Å². The quantitative estimate of drug-likeness (QED) is 0.849. The van der Waals surface area contributed by atoms with Crippen LogP contribution < -0.4 is 5.32 Å². The van der Waals surface area contributed by atoms with Gasteiger partial charge in [-0.2, -0.15) is 4.98 Å². The highest BCUT2D eigenvalue weighted by Crippen LogP contribution is 2.43. The molecule has 0 fully saturated rings. The zero-order chi connectivity index (χ0) is 15.8. The summed E-state index contributed by atoms with van der Waals surface area (Å²) >= 11 is 0. The van der Waals surface area contributed by atoms with Gasteiger partial charge in [-0.15, -0.1) is 5.10 Å². The molecule has 1 N–H and O–H groups in total. The summed E-state index contributed by atoms with van der Waals surface area (Å²) in [6.45, 7) is 2.10. The van der Waals surface area contributed by atoms with Crippen LogP contribution in [0.25, 0.3) is 5.70 Å². The van der Waals surface area contributed by atoms with Crippen LogP contribution in [0.15, 0.2) is 29.0 Å². The maximum absolute atomic E-state index is 11.9. The van der Waals surface area contributed by atoms with Crippen molar-refractivity contribution in [3.63, 3.8) is 0 Å². The highest BCUT2D eigenvalue weighted by molar-refractivity contribution is 5.86. The molecule has 0 aromatic carbocycles. The number of allylic oxidation sites excluding steroid dienone is 5. The van der Waals surface area contributed by atoms with Gasteiger partial charge in [0.1, 0.15) is 0 Å². The van der Waals surface area contributed by atoms with E-state index in [4.69, 9.17) is 4.74 Å². The number of hydrogen-bond donors (Lipinski definition) is 1. The molecule has 1 aromatic rings. The minimum Gasteiger partial charge on any atom is -0.460 e. The fourth-order valence-electron chi connectivity index (χ4n) is 3.60. The van der Waals surface area contributed by atoms with Gasteiger partial charge in [0.05, 0.1) is 12.3 Å². The SMILES string of the molecule is CCOC(=O)c1nc2n(n1)C1=C(C=CN2)C2=C(CCCCC2)C1. The van der Waals surface area contributed by atoms with E-state index in [2.05, 4.69) is 21.5 Å². The van der Waals surface area contributed by atoms with Crippen LogP contribution in [0.5, 0.6) is 0 Å². The van der Waals surface area contributed by atoms with E-state index in [1.54, 1.807) is 11.6 Å². The van der Waals surface area contributed by atoms with Crippen molar-refractivity contribution in [2.24, 2.45) is 0 Å². The van der Waals surface area contributed by atoms with Gasteiger partial charge in [-0.25, -0.2) is 9.48 Å². The first-order chi connectivity index (χ1) is 11.3. The molecule has 23 heavy (non-hydrogen) atoms. The van der Waals surface area contributed by atoms with Crippen LogP contribution in [0.2, 0.25) is 0 Å². The zero-order valence-corrected chi connectivity index (χ0v) is 13.3. The fraction of sp³-hybridized carbons (Fsp3) is 0.471. The Hall–Kier alpha value is -2.37. The number of fused-ring (bicyclic) bond motifs is 3. The number of rotatable bonds is 2. The number of anilines is 1. The van der Waals surface area contributed by atoms with Gasteiger partial charge in [-0.3, -0.25) is 0 Å². The van der Waals surface area contributed by atoms with E-state index >= 15 is 0 Å². The molecule has 2 aliphatic carbocycles. The first-order valence-corrected chi connectivity index (χ1v) is 8.30. The first kappa shape index (κ1) is 14.2. The van der Waals surface area contributed by atoms with E-state index in [9.17, 15) is 4.79 Å². The molecule has 120 valence electrons. The largest absolute Gasteiger partial charge is 0.460 e. The van der Waals surface area contributed by atoms with Crippen molar-refractivity contribution in [1.82, 2.24) is 14.8 Å². The van der Waals surface area contributed by atoms with Gasteiger partial charge in [-0.1, -0.05) is 12.0 Å². The summed E-state index contributed by atoms with van der Waals surface area (Å²) in [6, 6.07) is 0. The third kappa shape index (κ3) is 2.38. The number of aromatic nitrogens is 3. The van der Waals surface area contributed by atoms with Crippen molar-refractivity contribution in [2.75, 3.05) is 11.9 Å². The summed E-state index contributed by atoms with van der Waals surface area (Å²) in [5, 5.41) is 7.52. The Kier molecular flexibility index (Phi) is 3.52. The molecule has 6 nitrogen and oxygen atoms in total. The Morgan fingerprint density at radius 2 is 2.22 bits per heavy atom. The predicted octanol–water partition coefficient (Wildman–Crippen LogP) is 3.27. The lowest BCUT2D eigenvalue weighted by molar-refractivity contribution is 0.0512. The minimum absolute atomic E-state index is 0.110. The number of esters is 1. The number of nitrogens with one attached hydrogen (secondary N) is 1. The monoisotopic (exact) mass is 312 g/mol. The van der Waals surface area contributed by atoms with E-state index in [0.717, 1.165) is 18.5 Å². The Morgan fingerprint density at radius 3 is 3.09 bits per heavy atom. The van der Waals surface area contributed by atoms with Crippen molar-refractivity contribution in [3.8, 4) is 0 Å². The summed E-state index contributed by atoms with van der Waals surface area (Å²) in [6.07, 6.45) is 11.0. The third-order valence-corrected chi connectivity index (χ3v) is 4.63. The van der Waals surface area contributed by atoms with Crippen LogP contribution in [0.3, 0.4) is 0 Å². The molecule has 0 radical (unpaired) electrons. The van der Waals surface area contributed by atoms with Crippen LogP contribution in [0.4, 0.5) is 5.95 Å². The second-order valence-electron chi connectivity index (χ2n) is 6.05. The van der Waals surface area contributed by atoms with Gasteiger partial charge >= 0.3 is 5.97 Å². The number of hydrogen-bond acceptors (Lipinski definition) is 5. The van der Waals surface area contributed by atoms with Crippen LogP contribution >= 0.6 is 0 Å². The molecule has 0 saturated heterocycles. The van der Waals surface area contributed by atoms with Crippen LogP contribution in [-0.4, -0.2) is 27.3 Å². The highest BCUT2D eigenvalue weighted by Gasteiger charge is 2.29. The average Bonchev–Trinajstić information content (AvgIpc) is 2.96. The molecule has 2 heterocycles. The summed E-state index contributed by atoms with van der Waals surface area (Å²) in [5.41, 5.74) is 5.36. The fourth-order valence-corrected chi connectivity index (χ4v) is 3.60. The predicted molar refractivity (Wildman–Crippen MR) is 86.7 cm³/mol. The lowest BCUT2D eigenvalue weighted by atomic mass is 10.0. The van der Waals surface area contributed by atoms with Crippen LogP contribution in [0, 0.1) is 0 Å². The summed E-state index contributed by atoms with van der Waals surface area (Å²) in [5.74, 6) is 0.207. The molecule has 1 aromatic heterocycles. The number of carbonyl (C=O) groups excluding carboxylic acids is 1. The molecule has 0 bridgehead atoms. The lowest BCUT2D eigenvalue weighted by Gasteiger charge is -2.07. The lowest BCUT2D eigenvalue weighted by Crippen LogP contribution is -2.08. The molecule has 0 amide bonds. The van der Waals surface area contributed by atoms with Gasteiger partial charge < -0.3 is 10.1 Å². The summed E-state index contributed by atoms with van der Waals surface area (Å²) in [4.78, 5) is 16.2. The highest BCUT2D eigenvalue weighted by atomic mass is 16.5. The summed E-state index contributed by atoms with van der Waals surface area (Å²) in [7, 11) is 0. The Bertz CT molecular complexity index is 755. The molecule has 4 rings (SSSR count).